The van der Waals surface area contributed by atoms with Gasteiger partial charge in [0.2, 0.25) is 5.91 Å². The van der Waals surface area contributed by atoms with Gasteiger partial charge in [-0.05, 0) is 43.1 Å². The third kappa shape index (κ3) is 8.17. The fraction of sp³-hybridized carbons (Fsp3) is 0.609. The lowest BCUT2D eigenvalue weighted by atomic mass is 9.76. The fourth-order valence-corrected chi connectivity index (χ4v) is 4.03. The quantitative estimate of drug-likeness (QED) is 0.458. The molecule has 9 heteroatoms. The number of carbonyl (C=O) groups excluding carboxylic acids is 2. The Balaban J connectivity index is 1.95. The number of hydrogen-bond donors (Lipinski definition) is 4. The Morgan fingerprint density at radius 1 is 1.25 bits per heavy atom. The maximum atomic E-state index is 13.0. The summed E-state index contributed by atoms with van der Waals surface area (Å²) in [6, 6.07) is 10.7. The largest absolute Gasteiger partial charge is 0.475 e. The van der Waals surface area contributed by atoms with E-state index in [0.717, 1.165) is 24.8 Å². The van der Waals surface area contributed by atoms with Crippen LogP contribution in [0.4, 0.5) is 4.79 Å². The van der Waals surface area contributed by atoms with Gasteiger partial charge in [-0.1, -0.05) is 51.1 Å². The van der Waals surface area contributed by atoms with E-state index in [4.69, 9.17) is 0 Å². The van der Waals surface area contributed by atoms with Crippen molar-refractivity contribution in [2.24, 2.45) is 11.3 Å². The summed E-state index contributed by atoms with van der Waals surface area (Å²) in [5, 5.41) is 34.2. The van der Waals surface area contributed by atoms with E-state index in [1.807, 2.05) is 51.1 Å². The van der Waals surface area contributed by atoms with Gasteiger partial charge >= 0.3 is 13.1 Å². The molecule has 2 rings (SSSR count). The molecular weight excluding hydrogens is 407 g/mol. The Morgan fingerprint density at radius 3 is 2.53 bits per heavy atom. The van der Waals surface area contributed by atoms with Gasteiger partial charge in [0.15, 0.2) is 0 Å². The SMILES string of the molecule is CC(C)(C)CC(C#N)C(=O)N1CCCC[C@H]1CNC(=O)N[C@@H](Cc1ccccc1)B(O)O. The molecule has 0 aromatic heterocycles. The highest BCUT2D eigenvalue weighted by molar-refractivity contribution is 6.43. The smallest absolute Gasteiger partial charge is 0.426 e. The molecule has 0 saturated carbocycles. The lowest BCUT2D eigenvalue weighted by Crippen LogP contribution is -2.55. The van der Waals surface area contributed by atoms with Gasteiger partial charge in [-0.25, -0.2) is 4.79 Å². The highest BCUT2D eigenvalue weighted by Gasteiger charge is 2.34. The molecule has 3 amide bonds. The van der Waals surface area contributed by atoms with Crippen molar-refractivity contribution in [3.05, 3.63) is 35.9 Å². The average molecular weight is 442 g/mol. The predicted molar refractivity (Wildman–Crippen MR) is 123 cm³/mol. The normalized spacial score (nSPS) is 18.2. The lowest BCUT2D eigenvalue weighted by molar-refractivity contribution is -0.138. The van der Waals surface area contributed by atoms with Gasteiger partial charge in [0, 0.05) is 19.1 Å². The summed E-state index contributed by atoms with van der Waals surface area (Å²) in [6.45, 7) is 6.83. The Morgan fingerprint density at radius 2 is 1.94 bits per heavy atom. The van der Waals surface area contributed by atoms with E-state index in [-0.39, 0.29) is 30.3 Å². The van der Waals surface area contributed by atoms with Crippen LogP contribution >= 0.6 is 0 Å². The van der Waals surface area contributed by atoms with Gasteiger partial charge in [0.05, 0.1) is 12.0 Å². The molecule has 1 aromatic rings. The molecule has 174 valence electrons. The van der Waals surface area contributed by atoms with Gasteiger partial charge in [0.1, 0.15) is 5.92 Å². The standard InChI is InChI=1S/C23H35BN4O4/c1-23(2,3)14-18(15-25)21(29)28-12-8-7-11-19(28)16-26-22(30)27-20(24(31)32)13-17-9-5-4-6-10-17/h4-6,9-10,18-20,31-32H,7-8,11-14,16H2,1-3H3,(H2,26,27,30)/t18?,19-,20-/m0/s1. The maximum absolute atomic E-state index is 13.0. The van der Waals surface area contributed by atoms with Gasteiger partial charge in [-0.15, -0.1) is 0 Å². The monoisotopic (exact) mass is 442 g/mol. The van der Waals surface area contributed by atoms with E-state index in [1.54, 1.807) is 4.90 Å². The molecule has 4 N–H and O–H groups in total. The number of urea groups is 1. The Labute approximate surface area is 191 Å². The molecule has 32 heavy (non-hydrogen) atoms. The number of rotatable bonds is 8. The number of amides is 3. The number of carbonyl (C=O) groups is 2. The predicted octanol–water partition coefficient (Wildman–Crippen LogP) is 1.87. The molecule has 1 heterocycles. The third-order valence-corrected chi connectivity index (χ3v) is 5.65. The van der Waals surface area contributed by atoms with E-state index < -0.39 is 25.0 Å². The first-order valence-corrected chi connectivity index (χ1v) is 11.2. The van der Waals surface area contributed by atoms with Crippen LogP contribution in [-0.2, 0) is 11.2 Å². The van der Waals surface area contributed by atoms with Gasteiger partial charge < -0.3 is 25.6 Å². The molecule has 0 radical (unpaired) electrons. The highest BCUT2D eigenvalue weighted by atomic mass is 16.4. The van der Waals surface area contributed by atoms with E-state index in [1.165, 1.54) is 0 Å². The zero-order valence-corrected chi connectivity index (χ0v) is 19.3. The van der Waals surface area contributed by atoms with Gasteiger partial charge in [0.25, 0.3) is 0 Å². The molecule has 1 saturated heterocycles. The number of benzene rings is 1. The second kappa shape index (κ2) is 11.9. The van der Waals surface area contributed by atoms with Crippen molar-refractivity contribution < 1.29 is 19.6 Å². The summed E-state index contributed by atoms with van der Waals surface area (Å²) >= 11 is 0. The summed E-state index contributed by atoms with van der Waals surface area (Å²) in [7, 11) is -1.71. The second-order valence-electron chi connectivity index (χ2n) is 9.69. The number of nitrogens with one attached hydrogen (secondary N) is 2. The number of hydrogen-bond acceptors (Lipinski definition) is 5. The number of nitriles is 1. The second-order valence-corrected chi connectivity index (χ2v) is 9.69. The van der Waals surface area contributed by atoms with Crippen LogP contribution in [0.2, 0.25) is 0 Å². The first-order chi connectivity index (χ1) is 15.1. The van der Waals surface area contributed by atoms with Crippen molar-refractivity contribution in [1.29, 1.82) is 5.26 Å². The van der Waals surface area contributed by atoms with Crippen LogP contribution in [0.1, 0.15) is 52.0 Å². The highest BCUT2D eigenvalue weighted by Crippen LogP contribution is 2.27. The summed E-state index contributed by atoms with van der Waals surface area (Å²) in [6.07, 6.45) is 3.32. The van der Waals surface area contributed by atoms with Crippen LogP contribution in [-0.4, -0.2) is 59.1 Å². The molecule has 1 fully saturated rings. The minimum Gasteiger partial charge on any atom is -0.426 e. The van der Waals surface area contributed by atoms with Crippen molar-refractivity contribution in [2.45, 2.75) is 64.9 Å². The molecule has 3 atom stereocenters. The van der Waals surface area contributed by atoms with Gasteiger partial charge in [-0.2, -0.15) is 5.26 Å². The lowest BCUT2D eigenvalue weighted by Gasteiger charge is -2.37. The molecule has 0 aliphatic carbocycles. The summed E-state index contributed by atoms with van der Waals surface area (Å²) in [5.74, 6) is -1.75. The molecule has 0 spiro atoms. The average Bonchev–Trinajstić information content (AvgIpc) is 2.75. The summed E-state index contributed by atoms with van der Waals surface area (Å²) in [5.41, 5.74) is 0.731. The van der Waals surface area contributed by atoms with Crippen LogP contribution < -0.4 is 10.6 Å². The fourth-order valence-electron chi connectivity index (χ4n) is 4.03. The van der Waals surface area contributed by atoms with Crippen LogP contribution in [0, 0.1) is 22.7 Å². The van der Waals surface area contributed by atoms with Crippen LogP contribution in [0.5, 0.6) is 0 Å². The van der Waals surface area contributed by atoms with E-state index in [2.05, 4.69) is 16.7 Å². The molecule has 1 aliphatic rings. The van der Waals surface area contributed by atoms with Crippen LogP contribution in [0.15, 0.2) is 30.3 Å². The Bertz CT molecular complexity index is 791. The topological polar surface area (TPSA) is 126 Å². The van der Waals surface area contributed by atoms with Crippen molar-refractivity contribution in [2.75, 3.05) is 13.1 Å². The minimum atomic E-state index is -1.71. The van der Waals surface area contributed by atoms with Gasteiger partial charge in [-0.3, -0.25) is 4.79 Å². The zero-order chi connectivity index (χ0) is 23.7. The zero-order valence-electron chi connectivity index (χ0n) is 19.3. The van der Waals surface area contributed by atoms with E-state index in [9.17, 15) is 24.9 Å². The molecular formula is C23H35BN4O4. The first kappa shape index (κ1) is 25.7. The van der Waals surface area contributed by atoms with Crippen molar-refractivity contribution in [1.82, 2.24) is 15.5 Å². The van der Waals surface area contributed by atoms with Crippen molar-refractivity contribution in [3.63, 3.8) is 0 Å². The van der Waals surface area contributed by atoms with E-state index in [0.29, 0.717) is 13.0 Å². The molecule has 8 nitrogen and oxygen atoms in total. The van der Waals surface area contributed by atoms with E-state index >= 15 is 0 Å². The van der Waals surface area contributed by atoms with Crippen molar-refractivity contribution >= 4 is 19.1 Å². The first-order valence-electron chi connectivity index (χ1n) is 11.2. The van der Waals surface area contributed by atoms with Crippen LogP contribution in [0.25, 0.3) is 0 Å². The third-order valence-electron chi connectivity index (χ3n) is 5.65. The van der Waals surface area contributed by atoms with Crippen molar-refractivity contribution in [3.8, 4) is 6.07 Å². The molecule has 1 aliphatic heterocycles. The molecule has 1 aromatic carbocycles. The molecule has 0 bridgehead atoms. The Hall–Kier alpha value is -2.57. The maximum Gasteiger partial charge on any atom is 0.475 e. The Kier molecular flexibility index (Phi) is 9.54. The number of nitrogens with zero attached hydrogens (tertiary/aromatic N) is 2. The van der Waals surface area contributed by atoms with Crippen LogP contribution in [0.3, 0.4) is 0 Å². The number of likely N-dealkylation sites (tertiary alicyclic amines) is 1. The molecule has 1 unspecified atom stereocenters. The number of piperidine rings is 1. The summed E-state index contributed by atoms with van der Waals surface area (Å²) < 4.78 is 0. The summed E-state index contributed by atoms with van der Waals surface area (Å²) in [4.78, 5) is 27.2. The minimum absolute atomic E-state index is 0.141.